The Kier molecular flexibility index (Phi) is 6.47. The van der Waals surface area contributed by atoms with Crippen LogP contribution in [0.15, 0.2) is 18.2 Å². The van der Waals surface area contributed by atoms with Crippen molar-refractivity contribution in [2.24, 2.45) is 13.0 Å². The second-order valence-electron chi connectivity index (χ2n) is 8.41. The number of anilines is 1. The molecule has 1 aromatic heterocycles. The van der Waals surface area contributed by atoms with Gasteiger partial charge in [0, 0.05) is 13.6 Å². The molecule has 1 N–H and O–H groups in total. The van der Waals surface area contributed by atoms with Crippen LogP contribution in [0.2, 0.25) is 0 Å². The number of aryl methyl sites for hydroxylation is 2. The van der Waals surface area contributed by atoms with Gasteiger partial charge in [-0.1, -0.05) is 13.8 Å². The summed E-state index contributed by atoms with van der Waals surface area (Å²) in [5.41, 5.74) is 2.54. The van der Waals surface area contributed by atoms with Crippen molar-refractivity contribution in [3.8, 4) is 0 Å². The average Bonchev–Trinajstić information content (AvgIpc) is 3.12. The summed E-state index contributed by atoms with van der Waals surface area (Å²) in [6.07, 6.45) is -0.377. The standard InChI is InChI=1S/C23H28N4O5/c1-12(2)9-10-27-21(29)17-8-7-16(11-18(17)22(27)30)23(31)32-15(5)20(28)24-19-13(3)25-26(6)14(19)4/h7-8,11-12,15H,9-10H2,1-6H3,(H,24,28). The number of carbonyl (C=O) groups is 4. The third kappa shape index (κ3) is 4.42. The summed E-state index contributed by atoms with van der Waals surface area (Å²) in [5.74, 6) is -1.69. The third-order valence-corrected chi connectivity index (χ3v) is 5.55. The molecule has 9 heteroatoms. The fourth-order valence-corrected chi connectivity index (χ4v) is 3.47. The first-order valence-corrected chi connectivity index (χ1v) is 10.5. The first kappa shape index (κ1) is 23.2. The molecule has 1 atom stereocenters. The van der Waals surface area contributed by atoms with Gasteiger partial charge < -0.3 is 10.1 Å². The number of rotatable bonds is 7. The molecule has 0 aliphatic carbocycles. The van der Waals surface area contributed by atoms with E-state index in [2.05, 4.69) is 10.4 Å². The van der Waals surface area contributed by atoms with Crippen LogP contribution in [0.3, 0.4) is 0 Å². The average molecular weight is 441 g/mol. The van der Waals surface area contributed by atoms with E-state index in [0.717, 1.165) is 5.69 Å². The molecular weight excluding hydrogens is 412 g/mol. The van der Waals surface area contributed by atoms with Gasteiger partial charge in [0.25, 0.3) is 17.7 Å². The summed E-state index contributed by atoms with van der Waals surface area (Å²) in [6.45, 7) is 9.41. The summed E-state index contributed by atoms with van der Waals surface area (Å²) in [6, 6.07) is 4.24. The summed E-state index contributed by atoms with van der Waals surface area (Å²) >= 11 is 0. The molecule has 3 amide bonds. The van der Waals surface area contributed by atoms with E-state index in [4.69, 9.17) is 4.74 Å². The molecule has 0 saturated carbocycles. The van der Waals surface area contributed by atoms with Crippen molar-refractivity contribution in [1.29, 1.82) is 0 Å². The van der Waals surface area contributed by atoms with Crippen molar-refractivity contribution >= 4 is 29.4 Å². The fourth-order valence-electron chi connectivity index (χ4n) is 3.47. The van der Waals surface area contributed by atoms with Gasteiger partial charge in [-0.15, -0.1) is 0 Å². The predicted molar refractivity (Wildman–Crippen MR) is 117 cm³/mol. The maximum atomic E-state index is 12.7. The highest BCUT2D eigenvalue weighted by atomic mass is 16.5. The predicted octanol–water partition coefficient (Wildman–Crippen LogP) is 2.86. The van der Waals surface area contributed by atoms with Crippen molar-refractivity contribution in [2.45, 2.75) is 47.1 Å². The molecule has 2 heterocycles. The van der Waals surface area contributed by atoms with Gasteiger partial charge in [0.05, 0.1) is 33.8 Å². The monoisotopic (exact) mass is 440 g/mol. The third-order valence-electron chi connectivity index (χ3n) is 5.55. The van der Waals surface area contributed by atoms with Crippen LogP contribution in [0.4, 0.5) is 5.69 Å². The number of esters is 1. The summed E-state index contributed by atoms with van der Waals surface area (Å²) in [4.78, 5) is 51.5. The van der Waals surface area contributed by atoms with Gasteiger partial charge in [-0.05, 0) is 51.3 Å². The molecular formula is C23H28N4O5. The lowest BCUT2D eigenvalue weighted by molar-refractivity contribution is -0.123. The number of benzene rings is 1. The lowest BCUT2D eigenvalue weighted by atomic mass is 10.1. The number of nitrogens with zero attached hydrogens (tertiary/aromatic N) is 3. The highest BCUT2D eigenvalue weighted by Crippen LogP contribution is 2.25. The number of carbonyl (C=O) groups excluding carboxylic acids is 4. The van der Waals surface area contributed by atoms with Gasteiger partial charge >= 0.3 is 5.97 Å². The summed E-state index contributed by atoms with van der Waals surface area (Å²) in [5, 5.41) is 6.97. The van der Waals surface area contributed by atoms with Crippen LogP contribution < -0.4 is 5.32 Å². The molecule has 1 unspecified atom stereocenters. The maximum Gasteiger partial charge on any atom is 0.338 e. The SMILES string of the molecule is Cc1nn(C)c(C)c1NC(=O)C(C)OC(=O)c1ccc2c(c1)C(=O)N(CCC(C)C)C2=O. The van der Waals surface area contributed by atoms with E-state index in [-0.39, 0.29) is 22.6 Å². The molecule has 32 heavy (non-hydrogen) atoms. The van der Waals surface area contributed by atoms with E-state index in [1.54, 1.807) is 18.7 Å². The second-order valence-corrected chi connectivity index (χ2v) is 8.41. The van der Waals surface area contributed by atoms with Gasteiger partial charge in [0.1, 0.15) is 0 Å². The van der Waals surface area contributed by atoms with Crippen molar-refractivity contribution < 1.29 is 23.9 Å². The van der Waals surface area contributed by atoms with Gasteiger partial charge in [0.15, 0.2) is 6.10 Å². The molecule has 1 aliphatic rings. The topological polar surface area (TPSA) is 111 Å². The van der Waals surface area contributed by atoms with Crippen molar-refractivity contribution in [3.05, 3.63) is 46.3 Å². The maximum absolute atomic E-state index is 12.7. The van der Waals surface area contributed by atoms with E-state index in [0.29, 0.717) is 30.3 Å². The normalized spacial score (nSPS) is 14.0. The molecule has 3 rings (SSSR count). The molecule has 1 aliphatic heterocycles. The Morgan fingerprint density at radius 3 is 2.34 bits per heavy atom. The minimum atomic E-state index is -1.07. The first-order valence-electron chi connectivity index (χ1n) is 10.5. The molecule has 170 valence electrons. The Morgan fingerprint density at radius 2 is 1.75 bits per heavy atom. The van der Waals surface area contributed by atoms with Crippen LogP contribution >= 0.6 is 0 Å². The molecule has 9 nitrogen and oxygen atoms in total. The van der Waals surface area contributed by atoms with Gasteiger partial charge in [-0.2, -0.15) is 5.10 Å². The summed E-state index contributed by atoms with van der Waals surface area (Å²) in [7, 11) is 1.77. The quantitative estimate of drug-likeness (QED) is 0.524. The highest BCUT2D eigenvalue weighted by Gasteiger charge is 2.36. The number of fused-ring (bicyclic) bond motifs is 1. The number of aromatic nitrogens is 2. The van der Waals surface area contributed by atoms with E-state index >= 15 is 0 Å². The number of amides is 3. The Balaban J connectivity index is 1.69. The van der Waals surface area contributed by atoms with Crippen LogP contribution in [0, 0.1) is 19.8 Å². The van der Waals surface area contributed by atoms with Gasteiger partial charge in [-0.25, -0.2) is 4.79 Å². The Morgan fingerprint density at radius 1 is 1.09 bits per heavy atom. The van der Waals surface area contributed by atoms with E-state index < -0.39 is 23.9 Å². The fraction of sp³-hybridized carbons (Fsp3) is 0.435. The Labute approximate surface area is 186 Å². The van der Waals surface area contributed by atoms with Crippen LogP contribution in [0.5, 0.6) is 0 Å². The number of nitrogens with one attached hydrogen (secondary N) is 1. The lowest BCUT2D eigenvalue weighted by Gasteiger charge is -2.14. The molecule has 1 aromatic carbocycles. The number of hydrogen-bond acceptors (Lipinski definition) is 6. The zero-order valence-corrected chi connectivity index (χ0v) is 19.2. The van der Waals surface area contributed by atoms with Crippen molar-refractivity contribution in [1.82, 2.24) is 14.7 Å². The Hall–Kier alpha value is -3.49. The zero-order chi connectivity index (χ0) is 23.7. The van der Waals surface area contributed by atoms with Crippen molar-refractivity contribution in [2.75, 3.05) is 11.9 Å². The largest absolute Gasteiger partial charge is 0.449 e. The van der Waals surface area contributed by atoms with Gasteiger partial charge in [0.2, 0.25) is 0 Å². The van der Waals surface area contributed by atoms with Crippen LogP contribution in [-0.4, -0.2) is 51.0 Å². The number of hydrogen-bond donors (Lipinski definition) is 1. The van der Waals surface area contributed by atoms with Crippen LogP contribution in [0.25, 0.3) is 0 Å². The number of ether oxygens (including phenoxy) is 1. The molecule has 2 aromatic rings. The van der Waals surface area contributed by atoms with Crippen LogP contribution in [-0.2, 0) is 16.6 Å². The van der Waals surface area contributed by atoms with Gasteiger partial charge in [-0.3, -0.25) is 24.0 Å². The first-order chi connectivity index (χ1) is 15.0. The minimum absolute atomic E-state index is 0.101. The van der Waals surface area contributed by atoms with Crippen LogP contribution in [0.1, 0.15) is 69.7 Å². The Bertz CT molecular complexity index is 1100. The van der Waals surface area contributed by atoms with E-state index in [9.17, 15) is 19.2 Å². The smallest absolute Gasteiger partial charge is 0.338 e. The molecule has 0 saturated heterocycles. The van der Waals surface area contributed by atoms with E-state index in [1.165, 1.54) is 30.0 Å². The number of imide groups is 1. The molecule has 0 spiro atoms. The second kappa shape index (κ2) is 8.94. The summed E-state index contributed by atoms with van der Waals surface area (Å²) < 4.78 is 6.94. The lowest BCUT2D eigenvalue weighted by Crippen LogP contribution is -2.31. The minimum Gasteiger partial charge on any atom is -0.449 e. The van der Waals surface area contributed by atoms with Crippen molar-refractivity contribution in [3.63, 3.8) is 0 Å². The van der Waals surface area contributed by atoms with E-state index in [1.807, 2.05) is 20.8 Å². The highest BCUT2D eigenvalue weighted by molar-refractivity contribution is 6.22. The molecule has 0 fully saturated rings. The molecule has 0 bridgehead atoms. The molecule has 0 radical (unpaired) electrons. The zero-order valence-electron chi connectivity index (χ0n) is 19.2.